The lowest BCUT2D eigenvalue weighted by Crippen LogP contribution is -2.35. The van der Waals surface area contributed by atoms with Crippen LogP contribution in [0.2, 0.25) is 0 Å². The van der Waals surface area contributed by atoms with E-state index in [-0.39, 0.29) is 5.91 Å². The number of carbonyl (C=O) groups is 1. The van der Waals surface area contributed by atoms with Crippen LogP contribution in [0.25, 0.3) is 0 Å². The average Bonchev–Trinajstić information content (AvgIpc) is 2.43. The molecule has 0 saturated heterocycles. The van der Waals surface area contributed by atoms with Crippen LogP contribution in [-0.2, 0) is 11.3 Å². The molecular weight excluding hydrogens is 272 g/mol. The van der Waals surface area contributed by atoms with Gasteiger partial charge in [0, 0.05) is 20.6 Å². The number of ether oxygens (including phenoxy) is 1. The Kier molecular flexibility index (Phi) is 5.70. The minimum absolute atomic E-state index is 0.155. The summed E-state index contributed by atoms with van der Waals surface area (Å²) in [6.45, 7) is 6.12. The number of nitrogens with zero attached hydrogens (tertiary/aromatic N) is 2. The van der Waals surface area contributed by atoms with Gasteiger partial charge >= 0.3 is 0 Å². The zero-order valence-corrected chi connectivity index (χ0v) is 13.2. The van der Waals surface area contributed by atoms with E-state index in [1.54, 1.807) is 33.0 Å². The quantitative estimate of drug-likeness (QED) is 0.616. The molecule has 0 spiro atoms. The standard InChI is InChI=1S/C15H20N2O2S/c1-11(15(18)16(3)4)17(12(2)20)10-13-7-6-8-14(9-13)19-5/h6-9H,1,10H2,2-5H3. The molecule has 1 aromatic rings. The fourth-order valence-electron chi connectivity index (χ4n) is 1.72. The van der Waals surface area contributed by atoms with Crippen LogP contribution in [0.3, 0.4) is 0 Å². The number of rotatable bonds is 5. The first-order valence-electron chi connectivity index (χ1n) is 6.18. The van der Waals surface area contributed by atoms with E-state index in [1.165, 1.54) is 4.90 Å². The van der Waals surface area contributed by atoms with Gasteiger partial charge in [-0.3, -0.25) is 4.79 Å². The van der Waals surface area contributed by atoms with Crippen molar-refractivity contribution < 1.29 is 9.53 Å². The predicted molar refractivity (Wildman–Crippen MR) is 84.6 cm³/mol. The molecule has 0 unspecified atom stereocenters. The van der Waals surface area contributed by atoms with E-state index in [4.69, 9.17) is 17.0 Å². The zero-order valence-electron chi connectivity index (χ0n) is 12.3. The van der Waals surface area contributed by atoms with Gasteiger partial charge in [-0.25, -0.2) is 0 Å². The smallest absolute Gasteiger partial charge is 0.269 e. The summed E-state index contributed by atoms with van der Waals surface area (Å²) in [6, 6.07) is 7.65. The van der Waals surface area contributed by atoms with Crippen molar-refractivity contribution in [2.24, 2.45) is 0 Å². The Balaban J connectivity index is 2.95. The first kappa shape index (κ1) is 16.2. The van der Waals surface area contributed by atoms with Crippen molar-refractivity contribution in [2.45, 2.75) is 13.5 Å². The number of methoxy groups -OCH3 is 1. The van der Waals surface area contributed by atoms with Gasteiger partial charge in [0.2, 0.25) is 0 Å². The summed E-state index contributed by atoms with van der Waals surface area (Å²) in [5.41, 5.74) is 1.37. The Labute approximate surface area is 125 Å². The Bertz CT molecular complexity index is 526. The van der Waals surface area contributed by atoms with Crippen LogP contribution in [-0.4, -0.2) is 41.9 Å². The first-order valence-corrected chi connectivity index (χ1v) is 6.59. The Morgan fingerprint density at radius 3 is 2.55 bits per heavy atom. The van der Waals surface area contributed by atoms with Crippen molar-refractivity contribution in [3.05, 3.63) is 42.1 Å². The lowest BCUT2D eigenvalue weighted by molar-refractivity contribution is -0.125. The fraction of sp³-hybridized carbons (Fsp3) is 0.333. The third-order valence-electron chi connectivity index (χ3n) is 2.83. The van der Waals surface area contributed by atoms with Gasteiger partial charge in [0.05, 0.1) is 12.1 Å². The minimum atomic E-state index is -0.155. The van der Waals surface area contributed by atoms with Gasteiger partial charge in [0.1, 0.15) is 11.4 Å². The molecule has 4 nitrogen and oxygen atoms in total. The minimum Gasteiger partial charge on any atom is -0.497 e. The molecule has 0 aliphatic carbocycles. The summed E-state index contributed by atoms with van der Waals surface area (Å²) in [5, 5.41) is 0. The number of thiocarbonyl (C=S) groups is 1. The second kappa shape index (κ2) is 7.05. The second-order valence-corrected chi connectivity index (χ2v) is 5.19. The van der Waals surface area contributed by atoms with Crippen LogP contribution in [0.1, 0.15) is 12.5 Å². The molecule has 20 heavy (non-hydrogen) atoms. The van der Waals surface area contributed by atoms with Crippen molar-refractivity contribution >= 4 is 23.1 Å². The second-order valence-electron chi connectivity index (χ2n) is 4.60. The first-order chi connectivity index (χ1) is 9.36. The topological polar surface area (TPSA) is 32.8 Å². The fourth-order valence-corrected chi connectivity index (χ4v) is 1.90. The lowest BCUT2D eigenvalue weighted by Gasteiger charge is -2.26. The van der Waals surface area contributed by atoms with Crippen molar-refractivity contribution in [3.63, 3.8) is 0 Å². The van der Waals surface area contributed by atoms with E-state index in [0.717, 1.165) is 11.3 Å². The highest BCUT2D eigenvalue weighted by Crippen LogP contribution is 2.17. The van der Waals surface area contributed by atoms with Gasteiger partial charge < -0.3 is 14.5 Å². The Morgan fingerprint density at radius 2 is 2.05 bits per heavy atom. The van der Waals surface area contributed by atoms with Crippen LogP contribution in [0.5, 0.6) is 5.75 Å². The molecule has 0 fully saturated rings. The van der Waals surface area contributed by atoms with Gasteiger partial charge in [0.15, 0.2) is 0 Å². The van der Waals surface area contributed by atoms with Crippen LogP contribution < -0.4 is 4.74 Å². The maximum atomic E-state index is 12.0. The largest absolute Gasteiger partial charge is 0.497 e. The molecule has 0 atom stereocenters. The van der Waals surface area contributed by atoms with Crippen LogP contribution in [0, 0.1) is 0 Å². The number of carbonyl (C=O) groups excluding carboxylic acids is 1. The highest BCUT2D eigenvalue weighted by atomic mass is 32.1. The summed E-state index contributed by atoms with van der Waals surface area (Å²) in [6.07, 6.45) is 0. The van der Waals surface area contributed by atoms with Crippen molar-refractivity contribution in [1.82, 2.24) is 9.80 Å². The summed E-state index contributed by atoms with van der Waals surface area (Å²) in [7, 11) is 5.00. The van der Waals surface area contributed by atoms with E-state index in [0.29, 0.717) is 17.2 Å². The highest BCUT2D eigenvalue weighted by molar-refractivity contribution is 7.80. The van der Waals surface area contributed by atoms with Crippen LogP contribution in [0.4, 0.5) is 0 Å². The molecule has 0 aliphatic heterocycles. The van der Waals surface area contributed by atoms with E-state index in [9.17, 15) is 4.79 Å². The van der Waals surface area contributed by atoms with E-state index in [2.05, 4.69) is 6.58 Å². The molecule has 0 heterocycles. The summed E-state index contributed by atoms with van der Waals surface area (Å²) >= 11 is 5.22. The van der Waals surface area contributed by atoms with Gasteiger partial charge in [-0.2, -0.15) is 0 Å². The zero-order chi connectivity index (χ0) is 15.3. The Morgan fingerprint density at radius 1 is 1.40 bits per heavy atom. The summed E-state index contributed by atoms with van der Waals surface area (Å²) in [4.78, 5) is 15.8. The predicted octanol–water partition coefficient (Wildman–Crippen LogP) is 2.45. The number of benzene rings is 1. The molecular formula is C15H20N2O2S. The number of likely N-dealkylation sites (N-methyl/N-ethyl adjacent to an activating group) is 1. The average molecular weight is 292 g/mol. The normalized spacial score (nSPS) is 9.80. The van der Waals surface area contributed by atoms with E-state index < -0.39 is 0 Å². The number of hydrogen-bond donors (Lipinski definition) is 0. The molecule has 0 radical (unpaired) electrons. The third kappa shape index (κ3) is 4.06. The molecule has 0 aromatic heterocycles. The molecule has 0 N–H and O–H groups in total. The van der Waals surface area contributed by atoms with E-state index in [1.807, 2.05) is 24.3 Å². The number of amides is 1. The van der Waals surface area contributed by atoms with Crippen LogP contribution >= 0.6 is 12.2 Å². The molecule has 5 heteroatoms. The summed E-state index contributed by atoms with van der Waals surface area (Å²) < 4.78 is 5.19. The van der Waals surface area contributed by atoms with Gasteiger partial charge in [-0.15, -0.1) is 0 Å². The molecule has 0 bridgehead atoms. The SMILES string of the molecule is C=C(C(=O)N(C)C)N(Cc1cccc(OC)c1)C(C)=S. The Hall–Kier alpha value is -1.88. The monoisotopic (exact) mass is 292 g/mol. The molecule has 0 saturated carbocycles. The van der Waals surface area contributed by atoms with E-state index >= 15 is 0 Å². The maximum Gasteiger partial charge on any atom is 0.269 e. The highest BCUT2D eigenvalue weighted by Gasteiger charge is 2.18. The van der Waals surface area contributed by atoms with Crippen LogP contribution in [0.15, 0.2) is 36.5 Å². The van der Waals surface area contributed by atoms with Gasteiger partial charge in [-0.05, 0) is 24.6 Å². The molecule has 1 amide bonds. The summed E-state index contributed by atoms with van der Waals surface area (Å²) in [5.74, 6) is 0.617. The van der Waals surface area contributed by atoms with Crippen molar-refractivity contribution in [3.8, 4) is 5.75 Å². The lowest BCUT2D eigenvalue weighted by atomic mass is 10.2. The molecule has 1 aromatic carbocycles. The van der Waals surface area contributed by atoms with Gasteiger partial charge in [-0.1, -0.05) is 30.9 Å². The molecule has 108 valence electrons. The maximum absolute atomic E-state index is 12.0. The third-order valence-corrected chi connectivity index (χ3v) is 3.05. The van der Waals surface area contributed by atoms with Crippen molar-refractivity contribution in [2.75, 3.05) is 21.2 Å². The number of hydrogen-bond acceptors (Lipinski definition) is 3. The van der Waals surface area contributed by atoms with Crippen molar-refractivity contribution in [1.29, 1.82) is 0 Å². The molecule has 1 rings (SSSR count). The molecule has 0 aliphatic rings. The van der Waals surface area contributed by atoms with Gasteiger partial charge in [0.25, 0.3) is 5.91 Å².